The lowest BCUT2D eigenvalue weighted by Crippen LogP contribution is -2.11. The molecule has 0 amide bonds. The highest BCUT2D eigenvalue weighted by Gasteiger charge is 2.15. The Kier molecular flexibility index (Phi) is 5.19. The molecule has 0 unspecified atom stereocenters. The maximum atomic E-state index is 8.90. The van der Waals surface area contributed by atoms with Gasteiger partial charge in [0.15, 0.2) is 0 Å². The molecule has 0 aromatic heterocycles. The van der Waals surface area contributed by atoms with E-state index in [4.69, 9.17) is 10.5 Å². The average molecular weight is 306 g/mol. The number of rotatable bonds is 5. The normalized spacial score (nSPS) is 10.5. The van der Waals surface area contributed by atoms with Crippen LogP contribution in [0.25, 0.3) is 0 Å². The summed E-state index contributed by atoms with van der Waals surface area (Å²) in [6.07, 6.45) is 1.81. The maximum absolute atomic E-state index is 8.90. The number of hydrogen-bond donors (Lipinski definition) is 1. The second kappa shape index (κ2) is 6.42. The predicted octanol–water partition coefficient (Wildman–Crippen LogP) is 4.06. The topological polar surface area (TPSA) is 59.6 Å². The monoisotopic (exact) mass is 305 g/mol. The van der Waals surface area contributed by atoms with Crippen molar-refractivity contribution in [1.82, 2.24) is 0 Å². The maximum Gasteiger partial charge on any atom is 0.100 e. The van der Waals surface area contributed by atoms with Gasteiger partial charge in [-0.15, -0.1) is 0 Å². The van der Waals surface area contributed by atoms with Crippen molar-refractivity contribution in [1.29, 1.82) is 10.5 Å². The van der Waals surface area contributed by atoms with Gasteiger partial charge in [0.05, 0.1) is 17.0 Å². The van der Waals surface area contributed by atoms with E-state index in [-0.39, 0.29) is 5.41 Å². The quantitative estimate of drug-likeness (QED) is 0.834. The second-order valence-electron chi connectivity index (χ2n) is 4.83. The molecular formula is C14H16BrN3. The van der Waals surface area contributed by atoms with Gasteiger partial charge in [0.25, 0.3) is 0 Å². The molecule has 4 heteroatoms. The number of nitrogens with one attached hydrogen (secondary N) is 1. The van der Waals surface area contributed by atoms with Crippen molar-refractivity contribution < 1.29 is 0 Å². The molecule has 18 heavy (non-hydrogen) atoms. The van der Waals surface area contributed by atoms with Crippen LogP contribution in [0, 0.1) is 28.1 Å². The largest absolute Gasteiger partial charge is 0.385 e. The van der Waals surface area contributed by atoms with Gasteiger partial charge in [-0.05, 0) is 60.8 Å². The van der Waals surface area contributed by atoms with Crippen LogP contribution < -0.4 is 5.32 Å². The Balaban J connectivity index is 2.44. The molecule has 0 bridgehead atoms. The highest BCUT2D eigenvalue weighted by Crippen LogP contribution is 2.22. The summed E-state index contributed by atoms with van der Waals surface area (Å²) in [5.41, 5.74) is 1.36. The smallest absolute Gasteiger partial charge is 0.100 e. The molecule has 0 aliphatic rings. The van der Waals surface area contributed by atoms with E-state index in [1.54, 1.807) is 6.07 Å². The number of nitrogens with zero attached hydrogens (tertiary/aromatic N) is 2. The van der Waals surface area contributed by atoms with Gasteiger partial charge in [-0.2, -0.15) is 10.5 Å². The second-order valence-corrected chi connectivity index (χ2v) is 5.69. The van der Waals surface area contributed by atoms with Crippen molar-refractivity contribution in [2.75, 3.05) is 11.9 Å². The molecule has 1 aromatic rings. The van der Waals surface area contributed by atoms with Crippen LogP contribution in [0.3, 0.4) is 0 Å². The summed E-state index contributed by atoms with van der Waals surface area (Å²) in [5, 5.41) is 21.0. The zero-order valence-corrected chi connectivity index (χ0v) is 12.2. The van der Waals surface area contributed by atoms with E-state index in [0.717, 1.165) is 29.5 Å². The van der Waals surface area contributed by atoms with E-state index in [2.05, 4.69) is 33.4 Å². The lowest BCUT2D eigenvalue weighted by molar-refractivity contribution is 0.441. The van der Waals surface area contributed by atoms with Crippen LogP contribution in [0.1, 0.15) is 32.3 Å². The zero-order chi connectivity index (χ0) is 13.6. The Morgan fingerprint density at radius 2 is 2.06 bits per heavy atom. The summed E-state index contributed by atoms with van der Waals surface area (Å²) in [5.74, 6) is 0. The van der Waals surface area contributed by atoms with Crippen molar-refractivity contribution in [3.05, 3.63) is 28.2 Å². The van der Waals surface area contributed by atoms with E-state index in [1.165, 1.54) is 0 Å². The van der Waals surface area contributed by atoms with Crippen molar-refractivity contribution in [2.24, 2.45) is 5.41 Å². The van der Waals surface area contributed by atoms with Crippen LogP contribution >= 0.6 is 15.9 Å². The third-order valence-electron chi connectivity index (χ3n) is 2.70. The van der Waals surface area contributed by atoms with E-state index in [9.17, 15) is 0 Å². The molecule has 0 fully saturated rings. The summed E-state index contributed by atoms with van der Waals surface area (Å²) < 4.78 is 0.798. The molecule has 0 radical (unpaired) electrons. The van der Waals surface area contributed by atoms with Gasteiger partial charge in [0, 0.05) is 16.7 Å². The third-order valence-corrected chi connectivity index (χ3v) is 3.36. The van der Waals surface area contributed by atoms with E-state index in [0.29, 0.717) is 5.56 Å². The Bertz CT molecular complexity index is 495. The fourth-order valence-electron chi connectivity index (χ4n) is 1.53. The van der Waals surface area contributed by atoms with Crippen molar-refractivity contribution in [2.45, 2.75) is 26.7 Å². The summed E-state index contributed by atoms with van der Waals surface area (Å²) in [7, 11) is 0. The van der Waals surface area contributed by atoms with Gasteiger partial charge in [-0.3, -0.25) is 0 Å². The number of nitriles is 2. The Labute approximate surface area is 117 Å². The number of halogens is 1. The summed E-state index contributed by atoms with van der Waals surface area (Å²) in [6, 6.07) is 9.97. The minimum absolute atomic E-state index is 0.257. The summed E-state index contributed by atoms with van der Waals surface area (Å²) >= 11 is 3.35. The van der Waals surface area contributed by atoms with Crippen LogP contribution in [-0.2, 0) is 0 Å². The standard InChI is InChI=1S/C14H16BrN3/c1-14(2,10-17)6-3-7-18-12-5-4-11(9-16)13(15)8-12/h4-5,8,18H,3,6-7H2,1-2H3. The molecule has 1 N–H and O–H groups in total. The van der Waals surface area contributed by atoms with Gasteiger partial charge in [0.2, 0.25) is 0 Å². The molecule has 0 heterocycles. The molecule has 0 atom stereocenters. The first-order valence-corrected chi connectivity index (χ1v) is 6.62. The fourth-order valence-corrected chi connectivity index (χ4v) is 2.00. The highest BCUT2D eigenvalue weighted by atomic mass is 79.9. The minimum atomic E-state index is -0.257. The minimum Gasteiger partial charge on any atom is -0.385 e. The molecule has 94 valence electrons. The van der Waals surface area contributed by atoms with E-state index < -0.39 is 0 Å². The van der Waals surface area contributed by atoms with Crippen molar-refractivity contribution >= 4 is 21.6 Å². The Morgan fingerprint density at radius 3 is 2.61 bits per heavy atom. The zero-order valence-electron chi connectivity index (χ0n) is 10.6. The lowest BCUT2D eigenvalue weighted by atomic mass is 9.90. The first-order chi connectivity index (χ1) is 8.48. The molecule has 0 saturated carbocycles. The number of benzene rings is 1. The average Bonchev–Trinajstić information content (AvgIpc) is 2.35. The Hall–Kier alpha value is -1.52. The van der Waals surface area contributed by atoms with Crippen molar-refractivity contribution in [3.8, 4) is 12.1 Å². The van der Waals surface area contributed by atoms with Gasteiger partial charge in [-0.1, -0.05) is 0 Å². The lowest BCUT2D eigenvalue weighted by Gasteiger charge is -2.15. The molecular weight excluding hydrogens is 290 g/mol. The molecule has 3 nitrogen and oxygen atoms in total. The first kappa shape index (κ1) is 14.5. The van der Waals surface area contributed by atoms with Gasteiger partial charge in [0.1, 0.15) is 6.07 Å². The molecule has 0 aliphatic heterocycles. The van der Waals surface area contributed by atoms with Crippen LogP contribution in [-0.4, -0.2) is 6.54 Å². The highest BCUT2D eigenvalue weighted by molar-refractivity contribution is 9.10. The van der Waals surface area contributed by atoms with E-state index >= 15 is 0 Å². The van der Waals surface area contributed by atoms with Gasteiger partial charge < -0.3 is 5.32 Å². The van der Waals surface area contributed by atoms with E-state index in [1.807, 2.05) is 26.0 Å². The fraction of sp³-hybridized carbons (Fsp3) is 0.429. The van der Waals surface area contributed by atoms with Crippen LogP contribution in [0.5, 0.6) is 0 Å². The first-order valence-electron chi connectivity index (χ1n) is 5.83. The molecule has 1 rings (SSSR count). The summed E-state index contributed by atoms with van der Waals surface area (Å²) in [4.78, 5) is 0. The van der Waals surface area contributed by atoms with Gasteiger partial charge in [-0.25, -0.2) is 0 Å². The van der Waals surface area contributed by atoms with Crippen LogP contribution in [0.4, 0.5) is 5.69 Å². The van der Waals surface area contributed by atoms with Crippen molar-refractivity contribution in [3.63, 3.8) is 0 Å². The SMILES string of the molecule is CC(C)(C#N)CCCNc1ccc(C#N)c(Br)c1. The number of hydrogen-bond acceptors (Lipinski definition) is 3. The van der Waals surface area contributed by atoms with Crippen LogP contribution in [0.2, 0.25) is 0 Å². The molecule has 1 aromatic carbocycles. The molecule has 0 saturated heterocycles. The molecule has 0 spiro atoms. The van der Waals surface area contributed by atoms with Gasteiger partial charge >= 0.3 is 0 Å². The Morgan fingerprint density at radius 1 is 1.33 bits per heavy atom. The third kappa shape index (κ3) is 4.39. The number of anilines is 1. The van der Waals surface area contributed by atoms with Crippen LogP contribution in [0.15, 0.2) is 22.7 Å². The predicted molar refractivity (Wildman–Crippen MR) is 76.0 cm³/mol. The summed E-state index contributed by atoms with van der Waals surface area (Å²) in [6.45, 7) is 4.72. The molecule has 0 aliphatic carbocycles.